The van der Waals surface area contributed by atoms with E-state index in [1.54, 1.807) is 26.8 Å². The van der Waals surface area contributed by atoms with Crippen molar-refractivity contribution >= 4 is 17.8 Å². The Labute approximate surface area is 179 Å². The van der Waals surface area contributed by atoms with Crippen LogP contribution in [0.15, 0.2) is 48.5 Å². The predicted molar refractivity (Wildman–Crippen MR) is 111 cm³/mol. The summed E-state index contributed by atoms with van der Waals surface area (Å²) in [4.78, 5) is 26.9. The fraction of sp³-hybridized carbons (Fsp3) is 0.364. The van der Waals surface area contributed by atoms with Crippen molar-refractivity contribution in [1.29, 1.82) is 0 Å². The molecule has 7 nitrogen and oxygen atoms in total. The van der Waals surface area contributed by atoms with E-state index in [1.165, 1.54) is 23.1 Å². The minimum Gasteiger partial charge on any atom is -0.444 e. The van der Waals surface area contributed by atoms with Gasteiger partial charge < -0.3 is 20.1 Å². The summed E-state index contributed by atoms with van der Waals surface area (Å²) in [7, 11) is 0. The molecule has 2 aromatic carbocycles. The Morgan fingerprint density at radius 2 is 1.87 bits per heavy atom. The van der Waals surface area contributed by atoms with Gasteiger partial charge in [-0.2, -0.15) is 8.78 Å². The van der Waals surface area contributed by atoms with Crippen molar-refractivity contribution in [2.24, 2.45) is 0 Å². The minimum absolute atomic E-state index is 0.0776. The van der Waals surface area contributed by atoms with Gasteiger partial charge in [0, 0.05) is 18.3 Å². The number of nitrogens with zero attached hydrogens (tertiary/aromatic N) is 1. The van der Waals surface area contributed by atoms with Gasteiger partial charge in [0.15, 0.2) is 0 Å². The first-order valence-corrected chi connectivity index (χ1v) is 9.82. The number of alkyl halides is 2. The van der Waals surface area contributed by atoms with Crippen LogP contribution in [0.2, 0.25) is 0 Å². The number of rotatable bonds is 4. The van der Waals surface area contributed by atoms with E-state index in [2.05, 4.69) is 15.4 Å². The smallest absolute Gasteiger partial charge is 0.412 e. The molecule has 1 atom stereocenters. The Hall–Kier alpha value is -3.36. The lowest BCUT2D eigenvalue weighted by Crippen LogP contribution is -2.50. The second-order valence-electron chi connectivity index (χ2n) is 8.03. The Bertz CT molecular complexity index is 946. The van der Waals surface area contributed by atoms with Gasteiger partial charge >= 0.3 is 18.7 Å². The van der Waals surface area contributed by atoms with Gasteiger partial charge in [-0.25, -0.2) is 9.59 Å². The molecule has 3 rings (SSSR count). The topological polar surface area (TPSA) is 79.9 Å². The highest BCUT2D eigenvalue weighted by Gasteiger charge is 2.34. The lowest BCUT2D eigenvalue weighted by molar-refractivity contribution is -0.0498. The molecule has 1 aliphatic rings. The van der Waals surface area contributed by atoms with Gasteiger partial charge in [0.25, 0.3) is 0 Å². The van der Waals surface area contributed by atoms with Crippen LogP contribution < -0.4 is 15.4 Å². The molecular weight excluding hydrogens is 408 g/mol. The SMILES string of the molecule is CC(C)(C)OC(=O)N1CCc2ccccc2C1NC(=O)Nc1cccc(OC(F)F)c1. The van der Waals surface area contributed by atoms with Crippen LogP contribution in [0.5, 0.6) is 5.75 Å². The highest BCUT2D eigenvalue weighted by molar-refractivity contribution is 5.90. The van der Waals surface area contributed by atoms with Gasteiger partial charge in [0.1, 0.15) is 17.5 Å². The molecule has 0 radical (unpaired) electrons. The number of hydrogen-bond acceptors (Lipinski definition) is 4. The first kappa shape index (κ1) is 22.3. The first-order valence-electron chi connectivity index (χ1n) is 9.82. The number of anilines is 1. The van der Waals surface area contributed by atoms with Gasteiger partial charge in [-0.15, -0.1) is 0 Å². The first-order chi connectivity index (χ1) is 14.6. The monoisotopic (exact) mass is 433 g/mol. The van der Waals surface area contributed by atoms with Crippen molar-refractivity contribution < 1.29 is 27.8 Å². The van der Waals surface area contributed by atoms with E-state index in [1.807, 2.05) is 24.3 Å². The number of benzene rings is 2. The van der Waals surface area contributed by atoms with Gasteiger partial charge in [-0.05, 0) is 50.5 Å². The Kier molecular flexibility index (Phi) is 6.62. The summed E-state index contributed by atoms with van der Waals surface area (Å²) in [6.07, 6.45) is -0.665. The molecule has 0 bridgehead atoms. The van der Waals surface area contributed by atoms with E-state index >= 15 is 0 Å². The molecule has 0 aromatic heterocycles. The standard InChI is InChI=1S/C22H25F2N3O4/c1-22(2,3)31-21(29)27-12-11-14-7-4-5-10-17(14)18(27)26-20(28)25-15-8-6-9-16(13-15)30-19(23)24/h4-10,13,18-19H,11-12H2,1-3H3,(H2,25,26,28). The predicted octanol–water partition coefficient (Wildman–Crippen LogP) is 4.90. The van der Waals surface area contributed by atoms with Crippen molar-refractivity contribution in [3.63, 3.8) is 0 Å². The maximum atomic E-state index is 12.8. The van der Waals surface area contributed by atoms with E-state index in [4.69, 9.17) is 4.74 Å². The van der Waals surface area contributed by atoms with Gasteiger partial charge in [-0.1, -0.05) is 30.3 Å². The average molecular weight is 433 g/mol. The Morgan fingerprint density at radius 3 is 2.58 bits per heavy atom. The number of nitrogens with one attached hydrogen (secondary N) is 2. The second kappa shape index (κ2) is 9.20. The summed E-state index contributed by atoms with van der Waals surface area (Å²) in [5.41, 5.74) is 1.37. The minimum atomic E-state index is -2.97. The zero-order valence-electron chi connectivity index (χ0n) is 17.5. The molecule has 0 saturated heterocycles. The molecule has 0 saturated carbocycles. The quantitative estimate of drug-likeness (QED) is 0.719. The molecule has 2 N–H and O–H groups in total. The summed E-state index contributed by atoms with van der Waals surface area (Å²) in [6.45, 7) is 2.71. The van der Waals surface area contributed by atoms with Gasteiger partial charge in [0.05, 0.1) is 0 Å². The normalized spacial score (nSPS) is 15.8. The molecule has 3 amide bonds. The zero-order valence-corrected chi connectivity index (χ0v) is 17.5. The van der Waals surface area contributed by atoms with Crippen molar-refractivity contribution in [3.05, 3.63) is 59.7 Å². The van der Waals surface area contributed by atoms with Crippen LogP contribution in [0, 0.1) is 0 Å². The number of urea groups is 1. The van der Waals surface area contributed by atoms with Gasteiger partial charge in [0.2, 0.25) is 0 Å². The van der Waals surface area contributed by atoms with Crippen LogP contribution in [-0.4, -0.2) is 35.8 Å². The number of carbonyl (C=O) groups excluding carboxylic acids is 2. The summed E-state index contributed by atoms with van der Waals surface area (Å²) in [6, 6.07) is 12.6. The molecule has 1 heterocycles. The summed E-state index contributed by atoms with van der Waals surface area (Å²) in [5, 5.41) is 5.37. The molecule has 0 aliphatic carbocycles. The fourth-order valence-corrected chi connectivity index (χ4v) is 3.28. The summed E-state index contributed by atoms with van der Waals surface area (Å²) >= 11 is 0. The number of fused-ring (bicyclic) bond motifs is 1. The van der Waals surface area contributed by atoms with E-state index in [-0.39, 0.29) is 11.4 Å². The van der Waals surface area contributed by atoms with Crippen LogP contribution in [-0.2, 0) is 11.2 Å². The highest BCUT2D eigenvalue weighted by atomic mass is 19.3. The van der Waals surface area contributed by atoms with Crippen LogP contribution in [0.25, 0.3) is 0 Å². The molecule has 9 heteroatoms. The number of ether oxygens (including phenoxy) is 2. The van der Waals surface area contributed by atoms with E-state index in [0.29, 0.717) is 13.0 Å². The van der Waals surface area contributed by atoms with Crippen molar-refractivity contribution in [2.45, 2.75) is 45.6 Å². The van der Waals surface area contributed by atoms with Crippen LogP contribution in [0.4, 0.5) is 24.1 Å². The van der Waals surface area contributed by atoms with Crippen LogP contribution in [0.3, 0.4) is 0 Å². The third-order valence-electron chi connectivity index (χ3n) is 4.50. The lowest BCUT2D eigenvalue weighted by atomic mass is 9.97. The van der Waals surface area contributed by atoms with Crippen molar-refractivity contribution in [3.8, 4) is 5.75 Å². The second-order valence-corrected chi connectivity index (χ2v) is 8.03. The molecule has 1 unspecified atom stereocenters. The molecular formula is C22H25F2N3O4. The van der Waals surface area contributed by atoms with Crippen LogP contribution in [0.1, 0.15) is 38.1 Å². The molecule has 31 heavy (non-hydrogen) atoms. The average Bonchev–Trinajstić information content (AvgIpc) is 2.66. The van der Waals surface area contributed by atoms with Crippen molar-refractivity contribution in [2.75, 3.05) is 11.9 Å². The van der Waals surface area contributed by atoms with E-state index < -0.39 is 30.5 Å². The number of hydrogen-bond donors (Lipinski definition) is 2. The molecule has 0 fully saturated rings. The van der Waals surface area contributed by atoms with Crippen molar-refractivity contribution in [1.82, 2.24) is 10.2 Å². The zero-order chi connectivity index (χ0) is 22.6. The Morgan fingerprint density at radius 1 is 1.13 bits per heavy atom. The molecule has 1 aliphatic heterocycles. The largest absolute Gasteiger partial charge is 0.444 e. The fourth-order valence-electron chi connectivity index (χ4n) is 3.28. The molecule has 0 spiro atoms. The maximum absolute atomic E-state index is 12.8. The lowest BCUT2D eigenvalue weighted by Gasteiger charge is -2.38. The van der Waals surface area contributed by atoms with Gasteiger partial charge in [-0.3, -0.25) is 4.90 Å². The Balaban J connectivity index is 1.78. The van der Waals surface area contributed by atoms with E-state index in [9.17, 15) is 18.4 Å². The number of halogens is 2. The maximum Gasteiger partial charge on any atom is 0.412 e. The molecule has 2 aromatic rings. The van der Waals surface area contributed by atoms with Crippen LogP contribution >= 0.6 is 0 Å². The number of amides is 3. The third kappa shape index (κ3) is 6.07. The third-order valence-corrected chi connectivity index (χ3v) is 4.50. The number of carbonyl (C=O) groups is 2. The molecule has 166 valence electrons. The van der Waals surface area contributed by atoms with E-state index in [0.717, 1.165) is 11.1 Å². The summed E-state index contributed by atoms with van der Waals surface area (Å²) in [5.74, 6) is -0.0776. The highest BCUT2D eigenvalue weighted by Crippen LogP contribution is 2.29. The summed E-state index contributed by atoms with van der Waals surface area (Å²) < 4.78 is 34.7.